The SMILES string of the molecule is Cc1ccc(Nc2nc(C)cc(N3CCN(C(=O)c4c(C)nn(C)c4C)CC3)n2)cc1. The second-order valence-electron chi connectivity index (χ2n) is 8.13. The van der Waals surface area contributed by atoms with Crippen LogP contribution in [0.1, 0.15) is 33.0 Å². The molecule has 0 atom stereocenters. The first-order valence-electron chi connectivity index (χ1n) is 10.6. The van der Waals surface area contributed by atoms with Crippen molar-refractivity contribution < 1.29 is 4.79 Å². The van der Waals surface area contributed by atoms with Gasteiger partial charge < -0.3 is 15.1 Å². The molecule has 162 valence electrons. The Labute approximate surface area is 182 Å². The first-order chi connectivity index (χ1) is 14.8. The maximum atomic E-state index is 13.1. The Bertz CT molecular complexity index is 1100. The van der Waals surface area contributed by atoms with Gasteiger partial charge in [-0.05, 0) is 39.8 Å². The minimum Gasteiger partial charge on any atom is -0.353 e. The quantitative estimate of drug-likeness (QED) is 0.700. The molecule has 1 saturated heterocycles. The number of benzene rings is 1. The number of rotatable bonds is 4. The molecule has 0 aliphatic carbocycles. The number of aryl methyl sites for hydroxylation is 4. The lowest BCUT2D eigenvalue weighted by atomic mass is 10.1. The second kappa shape index (κ2) is 8.37. The molecule has 1 aromatic carbocycles. The fraction of sp³-hybridized carbons (Fsp3) is 0.391. The molecule has 0 bridgehead atoms. The van der Waals surface area contributed by atoms with Crippen LogP contribution in [0.3, 0.4) is 0 Å². The third-order valence-electron chi connectivity index (χ3n) is 5.76. The van der Waals surface area contributed by atoms with Gasteiger partial charge in [0.05, 0.1) is 11.3 Å². The molecule has 0 unspecified atom stereocenters. The Morgan fingerprint density at radius 1 is 0.968 bits per heavy atom. The predicted octanol–water partition coefficient (Wildman–Crippen LogP) is 3.15. The maximum absolute atomic E-state index is 13.1. The predicted molar refractivity (Wildman–Crippen MR) is 122 cm³/mol. The molecular formula is C23H29N7O. The fourth-order valence-electron chi connectivity index (χ4n) is 3.92. The summed E-state index contributed by atoms with van der Waals surface area (Å²) in [5.74, 6) is 1.52. The van der Waals surface area contributed by atoms with Crippen LogP contribution in [0, 0.1) is 27.7 Å². The van der Waals surface area contributed by atoms with Gasteiger partial charge in [-0.3, -0.25) is 9.48 Å². The van der Waals surface area contributed by atoms with Crippen LogP contribution in [0.5, 0.6) is 0 Å². The highest BCUT2D eigenvalue weighted by Crippen LogP contribution is 2.21. The van der Waals surface area contributed by atoms with E-state index in [4.69, 9.17) is 4.98 Å². The van der Waals surface area contributed by atoms with Crippen LogP contribution in [0.15, 0.2) is 30.3 Å². The van der Waals surface area contributed by atoms with Gasteiger partial charge in [0, 0.05) is 56.4 Å². The molecule has 3 heterocycles. The van der Waals surface area contributed by atoms with Crippen molar-refractivity contribution in [2.75, 3.05) is 36.4 Å². The van der Waals surface area contributed by atoms with Gasteiger partial charge in [0.15, 0.2) is 0 Å². The van der Waals surface area contributed by atoms with Crippen molar-refractivity contribution in [3.05, 3.63) is 58.5 Å². The molecule has 1 aliphatic rings. The topological polar surface area (TPSA) is 79.2 Å². The van der Waals surface area contributed by atoms with Gasteiger partial charge >= 0.3 is 0 Å². The maximum Gasteiger partial charge on any atom is 0.257 e. The molecule has 2 aromatic heterocycles. The van der Waals surface area contributed by atoms with Crippen LogP contribution >= 0.6 is 0 Å². The third-order valence-corrected chi connectivity index (χ3v) is 5.76. The first kappa shape index (κ1) is 20.8. The minimum absolute atomic E-state index is 0.0587. The molecule has 1 fully saturated rings. The summed E-state index contributed by atoms with van der Waals surface area (Å²) in [6, 6.07) is 10.1. The summed E-state index contributed by atoms with van der Waals surface area (Å²) in [6.45, 7) is 10.6. The molecular weight excluding hydrogens is 390 g/mol. The van der Waals surface area contributed by atoms with Gasteiger partial charge in [0.2, 0.25) is 5.95 Å². The number of anilines is 3. The molecule has 1 amide bonds. The van der Waals surface area contributed by atoms with E-state index in [-0.39, 0.29) is 5.91 Å². The number of aromatic nitrogens is 4. The van der Waals surface area contributed by atoms with Crippen molar-refractivity contribution in [3.63, 3.8) is 0 Å². The molecule has 0 radical (unpaired) electrons. The summed E-state index contributed by atoms with van der Waals surface area (Å²) in [5, 5.41) is 7.67. The summed E-state index contributed by atoms with van der Waals surface area (Å²) in [7, 11) is 1.87. The van der Waals surface area contributed by atoms with Crippen LogP contribution in [-0.4, -0.2) is 56.7 Å². The van der Waals surface area contributed by atoms with Gasteiger partial charge in [-0.25, -0.2) is 4.98 Å². The molecule has 3 aromatic rings. The standard InChI is InChI=1S/C23H29N7O/c1-15-6-8-19(9-7-15)25-23-24-16(2)14-20(26-23)29-10-12-30(13-11-29)22(31)21-17(3)27-28(5)18(21)4/h6-9,14H,10-13H2,1-5H3,(H,24,25,26). The third kappa shape index (κ3) is 4.38. The molecule has 8 heteroatoms. The van der Waals surface area contributed by atoms with Crippen LogP contribution in [-0.2, 0) is 7.05 Å². The lowest BCUT2D eigenvalue weighted by Crippen LogP contribution is -2.49. The van der Waals surface area contributed by atoms with Crippen molar-refractivity contribution in [1.82, 2.24) is 24.6 Å². The molecule has 4 rings (SSSR count). The monoisotopic (exact) mass is 419 g/mol. The van der Waals surface area contributed by atoms with Crippen molar-refractivity contribution >= 4 is 23.4 Å². The Morgan fingerprint density at radius 3 is 2.26 bits per heavy atom. The minimum atomic E-state index is 0.0587. The summed E-state index contributed by atoms with van der Waals surface area (Å²) in [4.78, 5) is 26.4. The van der Waals surface area contributed by atoms with Gasteiger partial charge in [-0.15, -0.1) is 0 Å². The average molecular weight is 420 g/mol. The van der Waals surface area contributed by atoms with E-state index in [2.05, 4.69) is 39.4 Å². The van der Waals surface area contributed by atoms with E-state index >= 15 is 0 Å². The summed E-state index contributed by atoms with van der Waals surface area (Å²) in [6.07, 6.45) is 0. The number of nitrogens with zero attached hydrogens (tertiary/aromatic N) is 6. The van der Waals surface area contributed by atoms with Crippen molar-refractivity contribution in [3.8, 4) is 0 Å². The first-order valence-corrected chi connectivity index (χ1v) is 10.6. The Balaban J connectivity index is 1.45. The Morgan fingerprint density at radius 2 is 1.65 bits per heavy atom. The number of amides is 1. The lowest BCUT2D eigenvalue weighted by molar-refractivity contribution is 0.0745. The van der Waals surface area contributed by atoms with Gasteiger partial charge in [-0.2, -0.15) is 10.1 Å². The van der Waals surface area contributed by atoms with E-state index in [1.807, 2.05) is 50.9 Å². The van der Waals surface area contributed by atoms with Crippen LogP contribution in [0.2, 0.25) is 0 Å². The van der Waals surface area contributed by atoms with E-state index in [1.165, 1.54) is 5.56 Å². The number of carbonyl (C=O) groups excluding carboxylic acids is 1. The van der Waals surface area contributed by atoms with Crippen molar-refractivity contribution in [2.45, 2.75) is 27.7 Å². The lowest BCUT2D eigenvalue weighted by Gasteiger charge is -2.35. The van der Waals surface area contributed by atoms with Gasteiger partial charge in [0.25, 0.3) is 5.91 Å². The summed E-state index contributed by atoms with van der Waals surface area (Å²) in [5.41, 5.74) is 5.48. The molecule has 8 nitrogen and oxygen atoms in total. The highest BCUT2D eigenvalue weighted by atomic mass is 16.2. The van der Waals surface area contributed by atoms with Gasteiger partial charge in [-0.1, -0.05) is 17.7 Å². The van der Waals surface area contributed by atoms with Crippen LogP contribution < -0.4 is 10.2 Å². The van der Waals surface area contributed by atoms with E-state index < -0.39 is 0 Å². The van der Waals surface area contributed by atoms with E-state index in [0.717, 1.165) is 47.2 Å². The highest BCUT2D eigenvalue weighted by Gasteiger charge is 2.27. The van der Waals surface area contributed by atoms with Gasteiger partial charge in [0.1, 0.15) is 5.82 Å². The second-order valence-corrected chi connectivity index (χ2v) is 8.13. The van der Waals surface area contributed by atoms with E-state index in [1.54, 1.807) is 4.68 Å². The number of nitrogens with one attached hydrogen (secondary N) is 1. The largest absolute Gasteiger partial charge is 0.353 e. The number of hydrogen-bond donors (Lipinski definition) is 1. The Kier molecular flexibility index (Phi) is 5.63. The molecule has 31 heavy (non-hydrogen) atoms. The smallest absolute Gasteiger partial charge is 0.257 e. The normalized spacial score (nSPS) is 14.1. The van der Waals surface area contributed by atoms with E-state index in [9.17, 15) is 4.79 Å². The van der Waals surface area contributed by atoms with Crippen molar-refractivity contribution in [1.29, 1.82) is 0 Å². The molecule has 1 N–H and O–H groups in total. The molecule has 1 aliphatic heterocycles. The zero-order valence-corrected chi connectivity index (χ0v) is 18.8. The fourth-order valence-corrected chi connectivity index (χ4v) is 3.92. The van der Waals surface area contributed by atoms with Crippen molar-refractivity contribution in [2.24, 2.45) is 7.05 Å². The average Bonchev–Trinajstić information content (AvgIpc) is 3.00. The molecule has 0 saturated carbocycles. The highest BCUT2D eigenvalue weighted by molar-refractivity contribution is 5.96. The number of carbonyl (C=O) groups is 1. The van der Waals surface area contributed by atoms with Crippen LogP contribution in [0.25, 0.3) is 0 Å². The van der Waals surface area contributed by atoms with Crippen LogP contribution in [0.4, 0.5) is 17.5 Å². The summed E-state index contributed by atoms with van der Waals surface area (Å²) >= 11 is 0. The molecule has 0 spiro atoms. The van der Waals surface area contributed by atoms with E-state index in [0.29, 0.717) is 19.0 Å². The Hall–Kier alpha value is -3.42. The number of hydrogen-bond acceptors (Lipinski definition) is 6. The zero-order valence-electron chi connectivity index (χ0n) is 18.8. The summed E-state index contributed by atoms with van der Waals surface area (Å²) < 4.78 is 1.77. The zero-order chi connectivity index (χ0) is 22.1. The number of piperazine rings is 1.